The number of rotatable bonds is 8. The largest absolute Gasteiger partial charge is 0.489 e. The molecule has 0 fully saturated rings. The number of anilines is 1. The maximum atomic E-state index is 8.74. The lowest BCUT2D eigenvalue weighted by Gasteiger charge is -2.20. The van der Waals surface area contributed by atoms with Gasteiger partial charge in [0.2, 0.25) is 0 Å². The van der Waals surface area contributed by atoms with Crippen LogP contribution in [-0.2, 0) is 6.54 Å². The zero-order valence-electron chi connectivity index (χ0n) is 12.4. The van der Waals surface area contributed by atoms with E-state index < -0.39 is 0 Å². The van der Waals surface area contributed by atoms with Crippen LogP contribution in [0, 0.1) is 0 Å². The van der Waals surface area contributed by atoms with Crippen molar-refractivity contribution < 1.29 is 9.84 Å². The van der Waals surface area contributed by atoms with Crippen molar-refractivity contribution in [3.05, 3.63) is 23.8 Å². The predicted octanol–water partition coefficient (Wildman–Crippen LogP) is 2.01. The zero-order chi connectivity index (χ0) is 14.3. The Balaban J connectivity index is 2.73. The van der Waals surface area contributed by atoms with Gasteiger partial charge in [-0.15, -0.1) is 0 Å². The van der Waals surface area contributed by atoms with Crippen LogP contribution >= 0.6 is 0 Å². The lowest BCUT2D eigenvalue weighted by atomic mass is 10.1. The molecule has 0 saturated carbocycles. The number of nitrogens with zero attached hydrogens (tertiary/aromatic N) is 1. The lowest BCUT2D eigenvalue weighted by molar-refractivity contribution is 0.243. The first-order chi connectivity index (χ1) is 9.04. The SMILES string of the molecule is CC(C)Oc1cc(CNCCCO)ccc1N(C)C. The fourth-order valence-corrected chi connectivity index (χ4v) is 1.82. The molecule has 108 valence electrons. The third-order valence-corrected chi connectivity index (χ3v) is 2.71. The van der Waals surface area contributed by atoms with E-state index in [0.717, 1.165) is 30.9 Å². The molecule has 1 rings (SSSR count). The molecule has 0 spiro atoms. The van der Waals surface area contributed by atoms with E-state index in [1.165, 1.54) is 5.56 Å². The predicted molar refractivity (Wildman–Crippen MR) is 79.9 cm³/mol. The normalized spacial score (nSPS) is 10.8. The Bertz CT molecular complexity index is 378. The smallest absolute Gasteiger partial charge is 0.143 e. The highest BCUT2D eigenvalue weighted by Crippen LogP contribution is 2.29. The molecule has 0 unspecified atom stereocenters. The van der Waals surface area contributed by atoms with E-state index >= 15 is 0 Å². The average molecular weight is 266 g/mol. The van der Waals surface area contributed by atoms with E-state index in [4.69, 9.17) is 9.84 Å². The second kappa shape index (κ2) is 8.02. The average Bonchev–Trinajstić information content (AvgIpc) is 2.34. The lowest BCUT2D eigenvalue weighted by Crippen LogP contribution is -2.17. The van der Waals surface area contributed by atoms with Gasteiger partial charge in [0.1, 0.15) is 5.75 Å². The molecule has 19 heavy (non-hydrogen) atoms. The molecule has 0 aliphatic rings. The van der Waals surface area contributed by atoms with Crippen molar-refractivity contribution in [2.75, 3.05) is 32.1 Å². The summed E-state index contributed by atoms with van der Waals surface area (Å²) < 4.78 is 5.87. The van der Waals surface area contributed by atoms with Crippen molar-refractivity contribution in [3.8, 4) is 5.75 Å². The Kier molecular flexibility index (Phi) is 6.67. The third-order valence-electron chi connectivity index (χ3n) is 2.71. The van der Waals surface area contributed by atoms with Crippen LogP contribution in [0.1, 0.15) is 25.8 Å². The molecule has 0 bridgehead atoms. The van der Waals surface area contributed by atoms with E-state index in [1.54, 1.807) is 0 Å². The van der Waals surface area contributed by atoms with Crippen LogP contribution in [-0.4, -0.2) is 38.5 Å². The molecule has 4 nitrogen and oxygen atoms in total. The molecule has 0 saturated heterocycles. The zero-order valence-corrected chi connectivity index (χ0v) is 12.4. The summed E-state index contributed by atoms with van der Waals surface area (Å²) >= 11 is 0. The number of nitrogens with one attached hydrogen (secondary N) is 1. The summed E-state index contributed by atoms with van der Waals surface area (Å²) in [6.07, 6.45) is 0.946. The van der Waals surface area contributed by atoms with E-state index in [1.807, 2.05) is 27.9 Å². The summed E-state index contributed by atoms with van der Waals surface area (Å²) in [5.41, 5.74) is 2.28. The molecule has 2 N–H and O–H groups in total. The number of benzene rings is 1. The monoisotopic (exact) mass is 266 g/mol. The quantitative estimate of drug-likeness (QED) is 0.707. The molecule has 1 aromatic carbocycles. The van der Waals surface area contributed by atoms with Crippen molar-refractivity contribution in [1.29, 1.82) is 0 Å². The minimum atomic E-state index is 0.163. The summed E-state index contributed by atoms with van der Waals surface area (Å²) in [5, 5.41) is 12.0. The molecular weight excluding hydrogens is 240 g/mol. The summed E-state index contributed by atoms with van der Waals surface area (Å²) in [6, 6.07) is 6.27. The summed E-state index contributed by atoms with van der Waals surface area (Å²) in [7, 11) is 4.03. The van der Waals surface area contributed by atoms with Gasteiger partial charge in [0.25, 0.3) is 0 Å². The van der Waals surface area contributed by atoms with Gasteiger partial charge in [-0.3, -0.25) is 0 Å². The molecule has 0 amide bonds. The summed E-state index contributed by atoms with van der Waals surface area (Å²) in [6.45, 7) is 5.92. The van der Waals surface area contributed by atoms with E-state index in [9.17, 15) is 0 Å². The van der Waals surface area contributed by atoms with Gasteiger partial charge < -0.3 is 20.1 Å². The van der Waals surface area contributed by atoms with Crippen LogP contribution in [0.15, 0.2) is 18.2 Å². The minimum absolute atomic E-state index is 0.163. The standard InChI is InChI=1S/C15H26N2O2/c1-12(2)19-15-10-13(11-16-8-5-9-18)6-7-14(15)17(3)4/h6-7,10,12,16,18H,5,8-9,11H2,1-4H3. The highest BCUT2D eigenvalue weighted by molar-refractivity contribution is 5.59. The van der Waals surface area contributed by atoms with Gasteiger partial charge in [-0.25, -0.2) is 0 Å². The van der Waals surface area contributed by atoms with Gasteiger partial charge in [-0.2, -0.15) is 0 Å². The fraction of sp³-hybridized carbons (Fsp3) is 0.600. The van der Waals surface area contributed by atoms with E-state index in [2.05, 4.69) is 28.4 Å². The molecule has 1 aromatic rings. The Morgan fingerprint density at radius 3 is 2.63 bits per heavy atom. The molecule has 0 atom stereocenters. The molecule has 0 radical (unpaired) electrons. The van der Waals surface area contributed by atoms with Crippen molar-refractivity contribution in [2.24, 2.45) is 0 Å². The Morgan fingerprint density at radius 2 is 2.05 bits per heavy atom. The van der Waals surface area contributed by atoms with Gasteiger partial charge in [-0.05, 0) is 44.5 Å². The van der Waals surface area contributed by atoms with Crippen molar-refractivity contribution in [1.82, 2.24) is 5.32 Å². The second-order valence-corrected chi connectivity index (χ2v) is 5.12. The highest BCUT2D eigenvalue weighted by atomic mass is 16.5. The molecule has 0 aliphatic heterocycles. The number of ether oxygens (including phenoxy) is 1. The van der Waals surface area contributed by atoms with Crippen LogP contribution in [0.25, 0.3) is 0 Å². The third kappa shape index (κ3) is 5.49. The first kappa shape index (κ1) is 15.8. The van der Waals surface area contributed by atoms with Gasteiger partial charge in [-0.1, -0.05) is 6.07 Å². The number of aliphatic hydroxyl groups excluding tert-OH is 1. The maximum absolute atomic E-state index is 8.74. The summed E-state index contributed by atoms with van der Waals surface area (Å²) in [4.78, 5) is 2.06. The minimum Gasteiger partial charge on any atom is -0.489 e. The number of aliphatic hydroxyl groups is 1. The fourth-order valence-electron chi connectivity index (χ4n) is 1.82. The molecular formula is C15H26N2O2. The Hall–Kier alpha value is -1.26. The molecule has 4 heteroatoms. The highest BCUT2D eigenvalue weighted by Gasteiger charge is 2.08. The topological polar surface area (TPSA) is 44.7 Å². The van der Waals surface area contributed by atoms with Crippen molar-refractivity contribution in [3.63, 3.8) is 0 Å². The van der Waals surface area contributed by atoms with E-state index in [0.29, 0.717) is 0 Å². The van der Waals surface area contributed by atoms with Gasteiger partial charge in [0.15, 0.2) is 0 Å². The van der Waals surface area contributed by atoms with E-state index in [-0.39, 0.29) is 12.7 Å². The van der Waals surface area contributed by atoms with Crippen molar-refractivity contribution >= 4 is 5.69 Å². The van der Waals surface area contributed by atoms with Gasteiger partial charge in [0.05, 0.1) is 11.8 Å². The first-order valence-electron chi connectivity index (χ1n) is 6.83. The Morgan fingerprint density at radius 1 is 1.32 bits per heavy atom. The van der Waals surface area contributed by atoms with Crippen LogP contribution in [0.5, 0.6) is 5.75 Å². The van der Waals surface area contributed by atoms with Gasteiger partial charge in [0, 0.05) is 27.2 Å². The molecule has 0 aliphatic carbocycles. The molecule has 0 aromatic heterocycles. The van der Waals surface area contributed by atoms with Gasteiger partial charge >= 0.3 is 0 Å². The molecule has 0 heterocycles. The van der Waals surface area contributed by atoms with Crippen LogP contribution in [0.2, 0.25) is 0 Å². The van der Waals surface area contributed by atoms with Crippen LogP contribution in [0.4, 0.5) is 5.69 Å². The Labute approximate surface area is 116 Å². The first-order valence-corrected chi connectivity index (χ1v) is 6.83. The number of hydrogen-bond donors (Lipinski definition) is 2. The second-order valence-electron chi connectivity index (χ2n) is 5.12. The van der Waals surface area contributed by atoms with Crippen LogP contribution in [0.3, 0.4) is 0 Å². The van der Waals surface area contributed by atoms with Crippen molar-refractivity contribution in [2.45, 2.75) is 32.9 Å². The number of hydrogen-bond acceptors (Lipinski definition) is 4. The summed E-state index contributed by atoms with van der Waals surface area (Å²) in [5.74, 6) is 0.918. The maximum Gasteiger partial charge on any atom is 0.143 e. The van der Waals surface area contributed by atoms with Crippen LogP contribution < -0.4 is 15.0 Å².